The van der Waals surface area contributed by atoms with E-state index in [9.17, 15) is 0 Å². The minimum atomic E-state index is 0.795. The lowest BCUT2D eigenvalue weighted by Gasteiger charge is -2.28. The van der Waals surface area contributed by atoms with Crippen molar-refractivity contribution in [3.8, 4) is 11.4 Å². The number of aromatic nitrogens is 2. The van der Waals surface area contributed by atoms with Gasteiger partial charge in [-0.3, -0.25) is 4.98 Å². The van der Waals surface area contributed by atoms with Crippen LogP contribution in [0.5, 0.6) is 0 Å². The summed E-state index contributed by atoms with van der Waals surface area (Å²) in [6, 6.07) is 14.6. The highest BCUT2D eigenvalue weighted by Gasteiger charge is 2.18. The van der Waals surface area contributed by atoms with Gasteiger partial charge in [0.05, 0.1) is 35.8 Å². The molecule has 0 saturated carbocycles. The van der Waals surface area contributed by atoms with Crippen LogP contribution in [-0.4, -0.2) is 35.7 Å². The first-order valence-corrected chi connectivity index (χ1v) is 7.28. The maximum absolute atomic E-state index is 5.46. The second kappa shape index (κ2) is 5.22. The summed E-state index contributed by atoms with van der Waals surface area (Å²) >= 11 is 0. The molecule has 0 radical (unpaired) electrons. The van der Waals surface area contributed by atoms with Crippen molar-refractivity contribution in [3.05, 3.63) is 54.9 Å². The molecule has 4 rings (SSSR count). The Morgan fingerprint density at radius 2 is 1.86 bits per heavy atom. The lowest BCUT2D eigenvalue weighted by Crippen LogP contribution is -2.36. The van der Waals surface area contributed by atoms with E-state index in [1.54, 1.807) is 0 Å². The molecule has 0 aromatic carbocycles. The summed E-state index contributed by atoms with van der Waals surface area (Å²) in [6.45, 7) is 3.47. The lowest BCUT2D eigenvalue weighted by atomic mass is 10.2. The van der Waals surface area contributed by atoms with Gasteiger partial charge in [0, 0.05) is 25.5 Å². The highest BCUT2D eigenvalue weighted by molar-refractivity contribution is 5.81. The Hall–Kier alpha value is -2.33. The Bertz CT molecular complexity index is 745. The molecule has 0 spiro atoms. The molecule has 0 unspecified atom stereocenters. The molecule has 0 amide bonds. The molecule has 106 valence electrons. The molecular formula is C17H17N3O. The average molecular weight is 279 g/mol. The van der Waals surface area contributed by atoms with Crippen molar-refractivity contribution < 1.29 is 4.74 Å². The number of rotatable bonds is 2. The number of hydrogen-bond acceptors (Lipinski definition) is 3. The van der Waals surface area contributed by atoms with Gasteiger partial charge in [0.25, 0.3) is 0 Å². The van der Waals surface area contributed by atoms with Gasteiger partial charge in [0.2, 0.25) is 0 Å². The third-order valence-corrected chi connectivity index (χ3v) is 3.93. The monoisotopic (exact) mass is 279 g/mol. The zero-order valence-corrected chi connectivity index (χ0v) is 11.8. The van der Waals surface area contributed by atoms with E-state index in [0.717, 1.165) is 37.7 Å². The molecule has 1 saturated heterocycles. The van der Waals surface area contributed by atoms with Crippen molar-refractivity contribution in [2.24, 2.45) is 0 Å². The SMILES string of the molecule is c1ccc(-c2cc(N3CCOCC3)c3ccccn23)nc1. The quantitative estimate of drug-likeness (QED) is 0.722. The lowest BCUT2D eigenvalue weighted by molar-refractivity contribution is 0.123. The number of pyridine rings is 2. The van der Waals surface area contributed by atoms with Crippen LogP contribution in [0.2, 0.25) is 0 Å². The van der Waals surface area contributed by atoms with Crippen LogP contribution in [0.4, 0.5) is 5.69 Å². The van der Waals surface area contributed by atoms with Gasteiger partial charge in [-0.15, -0.1) is 0 Å². The van der Waals surface area contributed by atoms with Crippen LogP contribution in [0.15, 0.2) is 54.9 Å². The van der Waals surface area contributed by atoms with E-state index in [2.05, 4.69) is 50.8 Å². The van der Waals surface area contributed by atoms with Crippen molar-refractivity contribution >= 4 is 11.2 Å². The van der Waals surface area contributed by atoms with Crippen LogP contribution in [-0.2, 0) is 4.74 Å². The second-order valence-corrected chi connectivity index (χ2v) is 5.19. The minimum Gasteiger partial charge on any atom is -0.378 e. The molecule has 3 aromatic heterocycles. The number of morpholine rings is 1. The maximum atomic E-state index is 5.46. The van der Waals surface area contributed by atoms with Gasteiger partial charge in [-0.25, -0.2) is 0 Å². The van der Waals surface area contributed by atoms with Gasteiger partial charge in [-0.2, -0.15) is 0 Å². The number of nitrogens with zero attached hydrogens (tertiary/aromatic N) is 3. The van der Waals surface area contributed by atoms with E-state index in [0.29, 0.717) is 0 Å². The summed E-state index contributed by atoms with van der Waals surface area (Å²) in [5, 5.41) is 0. The fourth-order valence-corrected chi connectivity index (χ4v) is 2.90. The van der Waals surface area contributed by atoms with Crippen LogP contribution in [0.3, 0.4) is 0 Å². The first-order valence-electron chi connectivity index (χ1n) is 7.28. The smallest absolute Gasteiger partial charge is 0.0870 e. The second-order valence-electron chi connectivity index (χ2n) is 5.19. The fraction of sp³-hybridized carbons (Fsp3) is 0.235. The van der Waals surface area contributed by atoms with Gasteiger partial charge in [0.15, 0.2) is 0 Å². The van der Waals surface area contributed by atoms with E-state index in [4.69, 9.17) is 4.74 Å². The molecule has 4 nitrogen and oxygen atoms in total. The van der Waals surface area contributed by atoms with Crippen molar-refractivity contribution in [3.63, 3.8) is 0 Å². The van der Waals surface area contributed by atoms with E-state index in [-0.39, 0.29) is 0 Å². The third kappa shape index (κ3) is 2.17. The Labute approximate surface area is 123 Å². The highest BCUT2D eigenvalue weighted by atomic mass is 16.5. The Kier molecular flexibility index (Phi) is 3.09. The van der Waals surface area contributed by atoms with Crippen LogP contribution < -0.4 is 4.90 Å². The fourth-order valence-electron chi connectivity index (χ4n) is 2.90. The molecule has 21 heavy (non-hydrogen) atoms. The molecule has 0 bridgehead atoms. The topological polar surface area (TPSA) is 29.8 Å². The Balaban J connectivity index is 1.88. The minimum absolute atomic E-state index is 0.795. The average Bonchev–Trinajstić information content (AvgIpc) is 2.96. The molecule has 1 aliphatic heterocycles. The third-order valence-electron chi connectivity index (χ3n) is 3.93. The van der Waals surface area contributed by atoms with Gasteiger partial charge in [-0.05, 0) is 30.3 Å². The Morgan fingerprint density at radius 3 is 2.67 bits per heavy atom. The number of hydrogen-bond donors (Lipinski definition) is 0. The molecule has 4 heterocycles. The molecule has 0 atom stereocenters. The summed E-state index contributed by atoms with van der Waals surface area (Å²) in [6.07, 6.45) is 3.94. The van der Waals surface area contributed by atoms with Crippen LogP contribution in [0, 0.1) is 0 Å². The molecule has 4 heteroatoms. The first kappa shape index (κ1) is 12.4. The van der Waals surface area contributed by atoms with E-state index < -0.39 is 0 Å². The van der Waals surface area contributed by atoms with Gasteiger partial charge >= 0.3 is 0 Å². The van der Waals surface area contributed by atoms with Gasteiger partial charge in [0.1, 0.15) is 0 Å². The summed E-state index contributed by atoms with van der Waals surface area (Å²) in [5.41, 5.74) is 4.62. The van der Waals surface area contributed by atoms with Crippen molar-refractivity contribution in [2.45, 2.75) is 0 Å². The summed E-state index contributed by atoms with van der Waals surface area (Å²) < 4.78 is 7.68. The maximum Gasteiger partial charge on any atom is 0.0870 e. The standard InChI is InChI=1S/C17H17N3O/c1-3-7-18-14(5-1)16-13-17(19-9-11-21-12-10-19)15-6-2-4-8-20(15)16/h1-8,13H,9-12H2. The Morgan fingerprint density at radius 1 is 1.00 bits per heavy atom. The van der Waals surface area contributed by atoms with Gasteiger partial charge < -0.3 is 14.0 Å². The molecule has 3 aromatic rings. The summed E-state index contributed by atoms with van der Waals surface area (Å²) in [5.74, 6) is 0. The largest absolute Gasteiger partial charge is 0.378 e. The number of ether oxygens (including phenoxy) is 1. The van der Waals surface area contributed by atoms with Crippen LogP contribution in [0.1, 0.15) is 0 Å². The van der Waals surface area contributed by atoms with E-state index >= 15 is 0 Å². The zero-order valence-electron chi connectivity index (χ0n) is 11.8. The van der Waals surface area contributed by atoms with E-state index in [1.807, 2.05) is 18.3 Å². The van der Waals surface area contributed by atoms with Crippen molar-refractivity contribution in [1.82, 2.24) is 9.38 Å². The molecule has 0 N–H and O–H groups in total. The zero-order chi connectivity index (χ0) is 14.1. The summed E-state index contributed by atoms with van der Waals surface area (Å²) in [7, 11) is 0. The highest BCUT2D eigenvalue weighted by Crippen LogP contribution is 2.31. The predicted octanol–water partition coefficient (Wildman–Crippen LogP) is 2.84. The molecule has 1 fully saturated rings. The van der Waals surface area contributed by atoms with Crippen molar-refractivity contribution in [2.75, 3.05) is 31.2 Å². The van der Waals surface area contributed by atoms with Gasteiger partial charge in [-0.1, -0.05) is 12.1 Å². The van der Waals surface area contributed by atoms with Crippen LogP contribution >= 0.6 is 0 Å². The number of fused-ring (bicyclic) bond motifs is 1. The molecule has 0 aliphatic carbocycles. The normalized spacial score (nSPS) is 15.5. The number of anilines is 1. The first-order chi connectivity index (χ1) is 10.4. The predicted molar refractivity (Wildman–Crippen MR) is 83.7 cm³/mol. The van der Waals surface area contributed by atoms with Crippen LogP contribution in [0.25, 0.3) is 16.9 Å². The molecule has 1 aliphatic rings. The van der Waals surface area contributed by atoms with E-state index in [1.165, 1.54) is 11.2 Å². The van der Waals surface area contributed by atoms with Crippen molar-refractivity contribution in [1.29, 1.82) is 0 Å². The summed E-state index contributed by atoms with van der Waals surface area (Å²) in [4.78, 5) is 6.89. The molecular weight excluding hydrogens is 262 g/mol.